The fourth-order valence-corrected chi connectivity index (χ4v) is 2.50. The van der Waals surface area contributed by atoms with Crippen LogP contribution in [0.15, 0.2) is 17.5 Å². The van der Waals surface area contributed by atoms with Crippen molar-refractivity contribution in [2.24, 2.45) is 0 Å². The van der Waals surface area contributed by atoms with E-state index in [9.17, 15) is 4.79 Å². The Bertz CT molecular complexity index is 635. The third kappa shape index (κ3) is 3.57. The zero-order valence-electron chi connectivity index (χ0n) is 12.1. The van der Waals surface area contributed by atoms with E-state index in [1.807, 2.05) is 32.2 Å². The molecular weight excluding hydrogens is 272 g/mol. The number of hydrogen-bond acceptors (Lipinski definition) is 4. The minimum absolute atomic E-state index is 0.0119. The maximum Gasteiger partial charge on any atom is 0.264 e. The summed E-state index contributed by atoms with van der Waals surface area (Å²) >= 11 is 1.41. The summed E-state index contributed by atoms with van der Waals surface area (Å²) in [6.45, 7) is 7.94. The molecule has 1 heterocycles. The molecule has 0 radical (unpaired) electrons. The summed E-state index contributed by atoms with van der Waals surface area (Å²) in [5.74, 6) is 0.551. The van der Waals surface area contributed by atoms with Crippen LogP contribution in [0, 0.1) is 27.7 Å². The Morgan fingerprint density at radius 3 is 2.55 bits per heavy atom. The summed E-state index contributed by atoms with van der Waals surface area (Å²) in [6.07, 6.45) is 0. The number of benzene rings is 1. The van der Waals surface area contributed by atoms with Gasteiger partial charge >= 0.3 is 0 Å². The third-order valence-corrected chi connectivity index (χ3v) is 3.89. The number of carbonyl (C=O) groups is 1. The summed E-state index contributed by atoms with van der Waals surface area (Å²) in [6, 6.07) is 4.03. The van der Waals surface area contributed by atoms with Crippen LogP contribution < -0.4 is 10.1 Å². The van der Waals surface area contributed by atoms with Gasteiger partial charge in [-0.3, -0.25) is 10.1 Å². The van der Waals surface area contributed by atoms with Crippen molar-refractivity contribution >= 4 is 22.4 Å². The van der Waals surface area contributed by atoms with Gasteiger partial charge in [-0.2, -0.15) is 0 Å². The minimum atomic E-state index is -0.197. The molecule has 0 aliphatic rings. The molecule has 1 aromatic heterocycles. The van der Waals surface area contributed by atoms with Crippen LogP contribution in [-0.4, -0.2) is 17.5 Å². The molecule has 1 aromatic carbocycles. The van der Waals surface area contributed by atoms with Crippen LogP contribution in [0.25, 0.3) is 0 Å². The molecule has 0 unspecified atom stereocenters. The van der Waals surface area contributed by atoms with E-state index in [0.717, 1.165) is 22.6 Å². The van der Waals surface area contributed by atoms with Crippen LogP contribution in [0.2, 0.25) is 0 Å². The number of aromatic nitrogens is 1. The fourth-order valence-electron chi connectivity index (χ4n) is 1.80. The van der Waals surface area contributed by atoms with Crippen molar-refractivity contribution < 1.29 is 9.53 Å². The topological polar surface area (TPSA) is 51.2 Å². The molecule has 0 aliphatic heterocycles. The van der Waals surface area contributed by atoms with Crippen molar-refractivity contribution in [2.75, 3.05) is 11.9 Å². The Kier molecular flexibility index (Phi) is 4.39. The third-order valence-electron chi connectivity index (χ3n) is 3.02. The summed E-state index contributed by atoms with van der Waals surface area (Å²) < 4.78 is 5.58. The van der Waals surface area contributed by atoms with Crippen LogP contribution in [-0.2, 0) is 4.79 Å². The molecule has 2 aromatic rings. The summed E-state index contributed by atoms with van der Waals surface area (Å²) in [4.78, 5) is 16.0. The first-order chi connectivity index (χ1) is 9.45. The second-order valence-corrected chi connectivity index (χ2v) is 5.69. The molecular formula is C15H18N2O2S. The van der Waals surface area contributed by atoms with Crippen molar-refractivity contribution in [3.63, 3.8) is 0 Å². The monoisotopic (exact) mass is 290 g/mol. The summed E-state index contributed by atoms with van der Waals surface area (Å²) in [5.41, 5.74) is 4.31. The van der Waals surface area contributed by atoms with E-state index in [1.54, 1.807) is 0 Å². The Balaban J connectivity index is 1.95. The Hall–Kier alpha value is -1.88. The quantitative estimate of drug-likeness (QED) is 0.939. The molecule has 20 heavy (non-hydrogen) atoms. The largest absolute Gasteiger partial charge is 0.483 e. The zero-order chi connectivity index (χ0) is 14.7. The SMILES string of the molecule is Cc1csc(NC(=O)COc2cc(C)c(C)cc2C)n1. The molecule has 0 spiro atoms. The lowest BCUT2D eigenvalue weighted by Crippen LogP contribution is -2.20. The van der Waals surface area contributed by atoms with Gasteiger partial charge in [0.15, 0.2) is 11.7 Å². The van der Waals surface area contributed by atoms with Crippen LogP contribution in [0.1, 0.15) is 22.4 Å². The van der Waals surface area contributed by atoms with Gasteiger partial charge in [-0.1, -0.05) is 6.07 Å². The number of aryl methyl sites for hydroxylation is 4. The Morgan fingerprint density at radius 1 is 1.20 bits per heavy atom. The van der Waals surface area contributed by atoms with Crippen molar-refractivity contribution in [1.82, 2.24) is 4.98 Å². The number of amides is 1. The van der Waals surface area contributed by atoms with Gasteiger partial charge in [0.25, 0.3) is 5.91 Å². The molecule has 0 fully saturated rings. The second kappa shape index (κ2) is 6.05. The number of thiazole rings is 1. The summed E-state index contributed by atoms with van der Waals surface area (Å²) in [7, 11) is 0. The predicted octanol–water partition coefficient (Wildman–Crippen LogP) is 3.39. The number of nitrogens with one attached hydrogen (secondary N) is 1. The predicted molar refractivity (Wildman–Crippen MR) is 81.6 cm³/mol. The Labute approximate surface area is 122 Å². The first kappa shape index (κ1) is 14.5. The van der Waals surface area contributed by atoms with Crippen molar-refractivity contribution in [1.29, 1.82) is 0 Å². The zero-order valence-corrected chi connectivity index (χ0v) is 12.9. The van der Waals surface area contributed by atoms with Gasteiger partial charge in [0.1, 0.15) is 5.75 Å². The van der Waals surface area contributed by atoms with Gasteiger partial charge in [-0.15, -0.1) is 11.3 Å². The molecule has 1 N–H and O–H groups in total. The first-order valence-corrected chi connectivity index (χ1v) is 7.26. The van der Waals surface area contributed by atoms with E-state index in [-0.39, 0.29) is 12.5 Å². The number of nitrogens with zero attached hydrogens (tertiary/aromatic N) is 1. The van der Waals surface area contributed by atoms with Gasteiger partial charge < -0.3 is 4.74 Å². The molecule has 4 nitrogen and oxygen atoms in total. The van der Waals surface area contributed by atoms with Crippen LogP contribution >= 0.6 is 11.3 Å². The average molecular weight is 290 g/mol. The van der Waals surface area contributed by atoms with E-state index in [1.165, 1.54) is 16.9 Å². The maximum absolute atomic E-state index is 11.8. The van der Waals surface area contributed by atoms with Crippen molar-refractivity contribution in [3.8, 4) is 5.75 Å². The number of anilines is 1. The molecule has 2 rings (SSSR count). The van der Waals surface area contributed by atoms with Gasteiger partial charge in [0.05, 0.1) is 5.69 Å². The molecule has 0 saturated heterocycles. The van der Waals surface area contributed by atoms with E-state index >= 15 is 0 Å². The number of hydrogen-bond donors (Lipinski definition) is 1. The number of ether oxygens (including phenoxy) is 1. The summed E-state index contributed by atoms with van der Waals surface area (Å²) in [5, 5.41) is 5.22. The maximum atomic E-state index is 11.8. The minimum Gasteiger partial charge on any atom is -0.483 e. The molecule has 1 amide bonds. The van der Waals surface area contributed by atoms with E-state index in [4.69, 9.17) is 4.74 Å². The van der Waals surface area contributed by atoms with Crippen molar-refractivity contribution in [2.45, 2.75) is 27.7 Å². The molecule has 0 atom stereocenters. The fraction of sp³-hybridized carbons (Fsp3) is 0.333. The van der Waals surface area contributed by atoms with E-state index < -0.39 is 0 Å². The smallest absolute Gasteiger partial charge is 0.264 e. The van der Waals surface area contributed by atoms with Crippen LogP contribution in [0.3, 0.4) is 0 Å². The highest BCUT2D eigenvalue weighted by molar-refractivity contribution is 7.13. The highest BCUT2D eigenvalue weighted by Crippen LogP contribution is 2.22. The molecule has 106 valence electrons. The van der Waals surface area contributed by atoms with Crippen molar-refractivity contribution in [3.05, 3.63) is 39.9 Å². The Morgan fingerprint density at radius 2 is 1.90 bits per heavy atom. The van der Waals surface area contributed by atoms with Gasteiger partial charge in [0.2, 0.25) is 0 Å². The average Bonchev–Trinajstić information content (AvgIpc) is 2.77. The van der Waals surface area contributed by atoms with E-state index in [0.29, 0.717) is 5.13 Å². The lowest BCUT2D eigenvalue weighted by molar-refractivity contribution is -0.118. The van der Waals surface area contributed by atoms with Gasteiger partial charge in [-0.25, -0.2) is 4.98 Å². The highest BCUT2D eigenvalue weighted by atomic mass is 32.1. The molecule has 0 aliphatic carbocycles. The molecule has 0 bridgehead atoms. The highest BCUT2D eigenvalue weighted by Gasteiger charge is 2.08. The lowest BCUT2D eigenvalue weighted by atomic mass is 10.1. The number of carbonyl (C=O) groups excluding carboxylic acids is 1. The second-order valence-electron chi connectivity index (χ2n) is 4.83. The molecule has 5 heteroatoms. The van der Waals surface area contributed by atoms with Crippen LogP contribution in [0.5, 0.6) is 5.75 Å². The standard InChI is InChI=1S/C15H18N2O2S/c1-9-5-11(3)13(6-10(9)2)19-7-14(18)17-15-16-12(4)8-20-15/h5-6,8H,7H2,1-4H3,(H,16,17,18). The first-order valence-electron chi connectivity index (χ1n) is 6.38. The lowest BCUT2D eigenvalue weighted by Gasteiger charge is -2.11. The normalized spacial score (nSPS) is 10.4. The van der Waals surface area contributed by atoms with E-state index in [2.05, 4.69) is 23.3 Å². The van der Waals surface area contributed by atoms with Crippen LogP contribution in [0.4, 0.5) is 5.13 Å². The van der Waals surface area contributed by atoms with Gasteiger partial charge in [0, 0.05) is 5.38 Å². The van der Waals surface area contributed by atoms with Gasteiger partial charge in [-0.05, 0) is 50.5 Å². The number of rotatable bonds is 4. The molecule has 0 saturated carbocycles.